The highest BCUT2D eigenvalue weighted by atomic mass is 35.5. The SMILES string of the molecule is COc1cc(-c2[nH]ccc2Cl)cc2[nH]c(=O)cc(O)c12. The second-order valence-electron chi connectivity index (χ2n) is 4.32. The Hall–Kier alpha value is -2.40. The third-order valence-electron chi connectivity index (χ3n) is 3.09. The number of halogens is 1. The number of nitrogens with one attached hydrogen (secondary N) is 2. The summed E-state index contributed by atoms with van der Waals surface area (Å²) in [5.41, 5.74) is 1.57. The van der Waals surface area contributed by atoms with Gasteiger partial charge < -0.3 is 19.8 Å². The lowest BCUT2D eigenvalue weighted by atomic mass is 10.1. The van der Waals surface area contributed by atoms with Crippen molar-refractivity contribution in [2.75, 3.05) is 7.11 Å². The van der Waals surface area contributed by atoms with Crippen molar-refractivity contribution in [2.45, 2.75) is 0 Å². The van der Waals surface area contributed by atoms with Gasteiger partial charge in [-0.25, -0.2) is 0 Å². The topological polar surface area (TPSA) is 78.1 Å². The number of ether oxygens (including phenoxy) is 1. The molecular formula is C14H11ClN2O3. The summed E-state index contributed by atoms with van der Waals surface area (Å²) in [5, 5.41) is 10.9. The smallest absolute Gasteiger partial charge is 0.252 e. The number of pyridine rings is 1. The van der Waals surface area contributed by atoms with E-state index in [1.165, 1.54) is 7.11 Å². The Kier molecular flexibility index (Phi) is 2.91. The molecule has 0 atom stereocenters. The molecule has 1 aromatic carbocycles. The van der Waals surface area contributed by atoms with E-state index >= 15 is 0 Å². The minimum absolute atomic E-state index is 0.121. The highest BCUT2D eigenvalue weighted by Gasteiger charge is 2.13. The maximum Gasteiger partial charge on any atom is 0.252 e. The maximum absolute atomic E-state index is 11.5. The minimum Gasteiger partial charge on any atom is -0.507 e. The summed E-state index contributed by atoms with van der Waals surface area (Å²) in [6, 6.07) is 6.33. The number of aromatic nitrogens is 2. The van der Waals surface area contributed by atoms with Gasteiger partial charge in [-0.3, -0.25) is 4.79 Å². The van der Waals surface area contributed by atoms with Crippen LogP contribution in [0.2, 0.25) is 5.02 Å². The average molecular weight is 291 g/mol. The molecule has 0 amide bonds. The Labute approximate surface area is 118 Å². The molecule has 0 aliphatic rings. The van der Waals surface area contributed by atoms with Gasteiger partial charge in [-0.05, 0) is 18.2 Å². The first kappa shape index (κ1) is 12.6. The van der Waals surface area contributed by atoms with E-state index in [1.54, 1.807) is 24.4 Å². The van der Waals surface area contributed by atoms with Crippen molar-refractivity contribution < 1.29 is 9.84 Å². The Morgan fingerprint density at radius 1 is 1.30 bits per heavy atom. The Morgan fingerprint density at radius 3 is 2.75 bits per heavy atom. The molecule has 0 aliphatic heterocycles. The number of hydrogen-bond donors (Lipinski definition) is 3. The predicted octanol–water partition coefficient (Wildman–Crippen LogP) is 2.89. The van der Waals surface area contributed by atoms with Crippen molar-refractivity contribution in [2.24, 2.45) is 0 Å². The molecule has 0 saturated carbocycles. The first-order chi connectivity index (χ1) is 9.60. The van der Waals surface area contributed by atoms with Crippen molar-refractivity contribution in [1.82, 2.24) is 9.97 Å². The molecule has 0 fully saturated rings. The molecule has 0 radical (unpaired) electrons. The fraction of sp³-hybridized carbons (Fsp3) is 0.0714. The van der Waals surface area contributed by atoms with Gasteiger partial charge in [-0.1, -0.05) is 11.6 Å². The monoisotopic (exact) mass is 290 g/mol. The quantitative estimate of drug-likeness (QED) is 0.679. The van der Waals surface area contributed by atoms with Crippen molar-refractivity contribution in [3.63, 3.8) is 0 Å². The third-order valence-corrected chi connectivity index (χ3v) is 3.40. The van der Waals surface area contributed by atoms with Crippen LogP contribution in [0.15, 0.2) is 35.3 Å². The molecule has 3 rings (SSSR count). The van der Waals surface area contributed by atoms with Crippen LogP contribution in [0.4, 0.5) is 0 Å². The van der Waals surface area contributed by atoms with Crippen LogP contribution < -0.4 is 10.3 Å². The summed E-state index contributed by atoms with van der Waals surface area (Å²) in [7, 11) is 1.50. The second kappa shape index (κ2) is 4.61. The largest absolute Gasteiger partial charge is 0.507 e. The van der Waals surface area contributed by atoms with Gasteiger partial charge in [0, 0.05) is 17.8 Å². The fourth-order valence-corrected chi connectivity index (χ4v) is 2.45. The van der Waals surface area contributed by atoms with Crippen molar-refractivity contribution in [1.29, 1.82) is 0 Å². The maximum atomic E-state index is 11.5. The lowest BCUT2D eigenvalue weighted by molar-refractivity contribution is 0.416. The molecule has 3 N–H and O–H groups in total. The fourth-order valence-electron chi connectivity index (χ4n) is 2.22. The van der Waals surface area contributed by atoms with E-state index < -0.39 is 0 Å². The third kappa shape index (κ3) is 1.92. The first-order valence-corrected chi connectivity index (χ1v) is 6.25. The molecule has 0 unspecified atom stereocenters. The van der Waals surface area contributed by atoms with E-state index in [9.17, 15) is 9.90 Å². The Morgan fingerprint density at radius 2 is 2.10 bits per heavy atom. The number of methoxy groups -OCH3 is 1. The average Bonchev–Trinajstić information content (AvgIpc) is 2.83. The van der Waals surface area contributed by atoms with E-state index in [-0.39, 0.29) is 11.3 Å². The standard InChI is InChI=1S/C14H11ClN2O3/c1-20-11-5-7(14-8(15)2-3-16-14)4-9-13(11)10(18)6-12(19)17-9/h2-6,16H,1H3,(H2,17,18,19). The molecule has 3 aromatic rings. The zero-order chi connectivity index (χ0) is 14.3. The zero-order valence-electron chi connectivity index (χ0n) is 10.5. The summed E-state index contributed by atoms with van der Waals surface area (Å²) in [4.78, 5) is 17.2. The zero-order valence-corrected chi connectivity index (χ0v) is 11.3. The Bertz CT molecular complexity index is 851. The summed E-state index contributed by atoms with van der Waals surface area (Å²) >= 11 is 6.09. The number of fused-ring (bicyclic) bond motifs is 1. The molecule has 0 aliphatic carbocycles. The normalized spacial score (nSPS) is 10.9. The van der Waals surface area contributed by atoms with Crippen LogP contribution in [-0.4, -0.2) is 22.2 Å². The lowest BCUT2D eigenvalue weighted by Crippen LogP contribution is -2.04. The Balaban J connectivity index is 2.38. The number of aromatic hydroxyl groups is 1. The van der Waals surface area contributed by atoms with Gasteiger partial charge >= 0.3 is 0 Å². The molecule has 102 valence electrons. The van der Waals surface area contributed by atoms with E-state index in [4.69, 9.17) is 16.3 Å². The van der Waals surface area contributed by atoms with Crippen molar-refractivity contribution >= 4 is 22.5 Å². The van der Waals surface area contributed by atoms with Crippen LogP contribution in [0.3, 0.4) is 0 Å². The van der Waals surface area contributed by atoms with E-state index in [0.29, 0.717) is 21.7 Å². The predicted molar refractivity (Wildman–Crippen MR) is 77.6 cm³/mol. The minimum atomic E-state index is -0.383. The first-order valence-electron chi connectivity index (χ1n) is 5.87. The molecular weight excluding hydrogens is 280 g/mol. The molecule has 20 heavy (non-hydrogen) atoms. The molecule has 6 heteroatoms. The summed E-state index contributed by atoms with van der Waals surface area (Å²) in [5.74, 6) is 0.335. The molecule has 0 spiro atoms. The van der Waals surface area contributed by atoms with E-state index in [0.717, 1.165) is 17.3 Å². The van der Waals surface area contributed by atoms with Crippen LogP contribution in [-0.2, 0) is 0 Å². The summed E-state index contributed by atoms with van der Waals surface area (Å²) < 4.78 is 5.29. The van der Waals surface area contributed by atoms with Gasteiger partial charge in [0.15, 0.2) is 0 Å². The summed E-state index contributed by atoms with van der Waals surface area (Å²) in [6.45, 7) is 0. The van der Waals surface area contributed by atoms with Gasteiger partial charge in [0.05, 0.1) is 28.7 Å². The van der Waals surface area contributed by atoms with Gasteiger partial charge in [0.2, 0.25) is 0 Å². The van der Waals surface area contributed by atoms with Gasteiger partial charge in [-0.2, -0.15) is 0 Å². The van der Waals surface area contributed by atoms with E-state index in [1.807, 2.05) is 0 Å². The highest BCUT2D eigenvalue weighted by molar-refractivity contribution is 6.33. The van der Waals surface area contributed by atoms with Crippen molar-refractivity contribution in [3.05, 3.63) is 45.8 Å². The highest BCUT2D eigenvalue weighted by Crippen LogP contribution is 2.36. The molecule has 0 saturated heterocycles. The van der Waals surface area contributed by atoms with Crippen LogP contribution >= 0.6 is 11.6 Å². The molecule has 2 aromatic heterocycles. The summed E-state index contributed by atoms with van der Waals surface area (Å²) in [6.07, 6.45) is 1.72. The van der Waals surface area contributed by atoms with Crippen LogP contribution in [0.5, 0.6) is 11.5 Å². The van der Waals surface area contributed by atoms with Crippen LogP contribution in [0.1, 0.15) is 0 Å². The van der Waals surface area contributed by atoms with Crippen molar-refractivity contribution in [3.8, 4) is 22.8 Å². The lowest BCUT2D eigenvalue weighted by Gasteiger charge is -2.10. The van der Waals surface area contributed by atoms with Gasteiger partial charge in [0.1, 0.15) is 11.5 Å². The number of aromatic amines is 2. The van der Waals surface area contributed by atoms with Gasteiger partial charge in [0.25, 0.3) is 5.56 Å². The number of hydrogen-bond acceptors (Lipinski definition) is 3. The van der Waals surface area contributed by atoms with E-state index in [2.05, 4.69) is 9.97 Å². The number of benzene rings is 1. The van der Waals surface area contributed by atoms with Gasteiger partial charge in [-0.15, -0.1) is 0 Å². The number of H-pyrrole nitrogens is 2. The van der Waals surface area contributed by atoms with Crippen LogP contribution in [0.25, 0.3) is 22.2 Å². The second-order valence-corrected chi connectivity index (χ2v) is 4.73. The number of rotatable bonds is 2. The van der Waals surface area contributed by atoms with Crippen LogP contribution in [0, 0.1) is 0 Å². The molecule has 2 heterocycles. The molecule has 5 nitrogen and oxygen atoms in total. The molecule has 0 bridgehead atoms.